The Morgan fingerprint density at radius 2 is 1.86 bits per heavy atom. The maximum atomic E-state index is 15.1. The van der Waals surface area contributed by atoms with Gasteiger partial charge >= 0.3 is 5.97 Å². The highest BCUT2D eigenvalue weighted by Crippen LogP contribution is 2.39. The van der Waals surface area contributed by atoms with Crippen LogP contribution in [-0.2, 0) is 16.8 Å². The number of hydrogen-bond acceptors (Lipinski definition) is 6. The molecule has 0 radical (unpaired) electrons. The molecule has 0 saturated heterocycles. The Kier molecular flexibility index (Phi) is 8.73. The molecule has 190 valence electrons. The number of carboxylic acids is 1. The molecule has 0 bridgehead atoms. The van der Waals surface area contributed by atoms with Gasteiger partial charge in [-0.05, 0) is 42.2 Å². The summed E-state index contributed by atoms with van der Waals surface area (Å²) in [5, 5.41) is 17.4. The van der Waals surface area contributed by atoms with Gasteiger partial charge in [-0.3, -0.25) is 10.2 Å². The van der Waals surface area contributed by atoms with Crippen molar-refractivity contribution < 1.29 is 33.3 Å². The number of aliphatic carboxylic acids is 1. The first kappa shape index (κ1) is 27.9. The van der Waals surface area contributed by atoms with Crippen molar-refractivity contribution in [1.29, 1.82) is 5.41 Å². The number of carboxylic acid groups (broad SMARTS) is 1. The van der Waals surface area contributed by atoms with E-state index in [0.29, 0.717) is 22.4 Å². The molecule has 0 aromatic heterocycles. The third-order valence-electron chi connectivity index (χ3n) is 5.49. The number of halogens is 2. The van der Waals surface area contributed by atoms with Crippen LogP contribution in [0.3, 0.4) is 0 Å². The van der Waals surface area contributed by atoms with Gasteiger partial charge in [0.05, 0.1) is 25.8 Å². The van der Waals surface area contributed by atoms with Crippen LogP contribution in [0.25, 0.3) is 0 Å². The van der Waals surface area contributed by atoms with Crippen molar-refractivity contribution in [1.82, 2.24) is 4.90 Å². The second-order valence-corrected chi connectivity index (χ2v) is 8.96. The van der Waals surface area contributed by atoms with Gasteiger partial charge in [0.25, 0.3) is 0 Å². The molecule has 2 aromatic carbocycles. The molecule has 1 aliphatic rings. The van der Waals surface area contributed by atoms with E-state index >= 15 is 4.39 Å². The summed E-state index contributed by atoms with van der Waals surface area (Å²) in [6, 6.07) is 6.47. The number of nitrogens with one attached hydrogen (secondary N) is 1. The number of ketones is 1. The zero-order valence-corrected chi connectivity index (χ0v) is 21.2. The molecular weight excluding hydrogens is 479 g/mol. The summed E-state index contributed by atoms with van der Waals surface area (Å²) in [6.45, 7) is 7.34. The van der Waals surface area contributed by atoms with E-state index in [-0.39, 0.29) is 60.8 Å². The number of ether oxygens (including phenoxy) is 3. The van der Waals surface area contributed by atoms with E-state index in [1.807, 2.05) is 20.8 Å². The Hall–Kier alpha value is -3.33. The lowest BCUT2D eigenvalue weighted by Crippen LogP contribution is -2.30. The molecule has 35 heavy (non-hydrogen) atoms. The third-order valence-corrected chi connectivity index (χ3v) is 5.49. The summed E-state index contributed by atoms with van der Waals surface area (Å²) < 4.78 is 31.2. The molecule has 1 aliphatic heterocycles. The number of benzene rings is 2. The molecule has 0 aliphatic carbocycles. The molecule has 1 heterocycles. The van der Waals surface area contributed by atoms with Crippen LogP contribution < -0.4 is 14.2 Å². The summed E-state index contributed by atoms with van der Waals surface area (Å²) in [6.07, 6.45) is 0. The van der Waals surface area contributed by atoms with Gasteiger partial charge in [-0.15, -0.1) is 12.4 Å². The first-order valence-corrected chi connectivity index (χ1v) is 10.9. The van der Waals surface area contributed by atoms with Crippen molar-refractivity contribution in [3.63, 3.8) is 0 Å². The first-order chi connectivity index (χ1) is 16.0. The fraction of sp³-hybridized carbons (Fsp3) is 0.400. The predicted molar refractivity (Wildman–Crippen MR) is 131 cm³/mol. The zero-order valence-electron chi connectivity index (χ0n) is 20.4. The number of hydrogen-bond donors (Lipinski definition) is 2. The van der Waals surface area contributed by atoms with Gasteiger partial charge in [-0.1, -0.05) is 20.8 Å². The van der Waals surface area contributed by atoms with Crippen molar-refractivity contribution in [2.75, 3.05) is 26.9 Å². The van der Waals surface area contributed by atoms with E-state index in [4.69, 9.17) is 24.7 Å². The van der Waals surface area contributed by atoms with Crippen molar-refractivity contribution in [3.8, 4) is 17.2 Å². The number of rotatable bonds is 9. The van der Waals surface area contributed by atoms with Crippen LogP contribution in [0.1, 0.15) is 54.7 Å². The van der Waals surface area contributed by atoms with Crippen molar-refractivity contribution in [2.24, 2.45) is 0 Å². The maximum absolute atomic E-state index is 15.1. The Morgan fingerprint density at radius 1 is 1.17 bits per heavy atom. The summed E-state index contributed by atoms with van der Waals surface area (Å²) in [7, 11) is 1.42. The smallest absolute Gasteiger partial charge is 0.341 e. The predicted octanol–water partition coefficient (Wildman–Crippen LogP) is 4.44. The summed E-state index contributed by atoms with van der Waals surface area (Å²) in [5.74, 6) is -1.54. The van der Waals surface area contributed by atoms with Crippen molar-refractivity contribution >= 4 is 30.0 Å². The van der Waals surface area contributed by atoms with Crippen LogP contribution >= 0.6 is 12.4 Å². The molecular formula is C25H30ClFN2O6. The number of amidine groups is 1. The van der Waals surface area contributed by atoms with Gasteiger partial charge in [-0.2, -0.15) is 0 Å². The fourth-order valence-corrected chi connectivity index (χ4v) is 3.87. The summed E-state index contributed by atoms with van der Waals surface area (Å²) >= 11 is 0. The highest BCUT2D eigenvalue weighted by atomic mass is 35.5. The molecule has 2 aromatic rings. The van der Waals surface area contributed by atoms with Crippen LogP contribution in [-0.4, -0.2) is 54.5 Å². The van der Waals surface area contributed by atoms with E-state index < -0.39 is 23.8 Å². The third kappa shape index (κ3) is 5.85. The van der Waals surface area contributed by atoms with E-state index in [2.05, 4.69) is 0 Å². The van der Waals surface area contributed by atoms with Gasteiger partial charge < -0.3 is 24.2 Å². The van der Waals surface area contributed by atoms with E-state index in [1.54, 1.807) is 31.2 Å². The van der Waals surface area contributed by atoms with Crippen molar-refractivity contribution in [2.45, 2.75) is 39.7 Å². The quantitative estimate of drug-likeness (QED) is 0.482. The number of fused-ring (bicyclic) bond motifs is 1. The van der Waals surface area contributed by atoms with Gasteiger partial charge in [-0.25, -0.2) is 9.18 Å². The minimum Gasteiger partial charge on any atom is -0.493 e. The molecule has 2 N–H and O–H groups in total. The van der Waals surface area contributed by atoms with Gasteiger partial charge in [0.1, 0.15) is 11.6 Å². The lowest BCUT2D eigenvalue weighted by Gasteiger charge is -2.24. The first-order valence-electron chi connectivity index (χ1n) is 10.9. The summed E-state index contributed by atoms with van der Waals surface area (Å²) in [5.41, 5.74) is 1.32. The molecule has 0 unspecified atom stereocenters. The highest BCUT2D eigenvalue weighted by molar-refractivity contribution is 6.06. The lowest BCUT2D eigenvalue weighted by atomic mass is 9.85. The molecule has 0 amide bonds. The molecule has 0 atom stereocenters. The number of methoxy groups -OCH3 is 1. The van der Waals surface area contributed by atoms with Crippen LogP contribution in [0.4, 0.5) is 4.39 Å². The topological polar surface area (TPSA) is 109 Å². The minimum atomic E-state index is -1.09. The maximum Gasteiger partial charge on any atom is 0.341 e. The number of nitrogens with zero attached hydrogens (tertiary/aromatic N) is 1. The standard InChI is InChI=1S/C25H29FN2O6.ClH/c1-6-33-23-19(32-5)10-15-11-28(24(27)21(15)22(23)26)12-17(29)14-7-8-18(34-13-20(30)31)16(9-14)25(2,3)4;/h7-10,27H,6,11-13H2,1-5H3,(H,30,31);1H. The Balaban J connectivity index is 0.00000432. The SMILES string of the molecule is CCOc1c(OC)cc2c(c1F)C(=N)N(CC(=O)c1ccc(OCC(=O)O)c(C(C)(C)C)c1)C2.Cl. The molecule has 3 rings (SSSR count). The monoisotopic (exact) mass is 508 g/mol. The van der Waals surface area contributed by atoms with Crippen molar-refractivity contribution in [3.05, 3.63) is 52.3 Å². The average molecular weight is 509 g/mol. The normalized spacial score (nSPS) is 12.6. The lowest BCUT2D eigenvalue weighted by molar-refractivity contribution is -0.139. The molecule has 0 spiro atoms. The van der Waals surface area contributed by atoms with E-state index in [0.717, 1.165) is 0 Å². The van der Waals surface area contributed by atoms with Crippen LogP contribution in [0.5, 0.6) is 17.2 Å². The van der Waals surface area contributed by atoms with E-state index in [9.17, 15) is 9.59 Å². The Labute approximate surface area is 209 Å². The van der Waals surface area contributed by atoms with Crippen LogP contribution in [0, 0.1) is 11.2 Å². The van der Waals surface area contributed by atoms with E-state index in [1.165, 1.54) is 12.0 Å². The second-order valence-electron chi connectivity index (χ2n) is 8.96. The van der Waals surface area contributed by atoms with Gasteiger partial charge in [0.15, 0.2) is 29.7 Å². The summed E-state index contributed by atoms with van der Waals surface area (Å²) in [4.78, 5) is 25.5. The van der Waals surface area contributed by atoms with Crippen LogP contribution in [0.15, 0.2) is 24.3 Å². The Morgan fingerprint density at radius 3 is 2.43 bits per heavy atom. The Bertz CT molecular complexity index is 1150. The zero-order chi connectivity index (χ0) is 25.2. The second kappa shape index (κ2) is 10.9. The van der Waals surface area contributed by atoms with Crippen LogP contribution in [0.2, 0.25) is 0 Å². The number of Topliss-reactive ketones (excluding diaryl/α,β-unsaturated/α-hetero) is 1. The van der Waals surface area contributed by atoms with Gasteiger partial charge in [0, 0.05) is 17.7 Å². The number of carbonyl (C=O) groups is 2. The number of carbonyl (C=O) groups excluding carboxylic acids is 1. The highest BCUT2D eigenvalue weighted by Gasteiger charge is 2.33. The average Bonchev–Trinajstić information content (AvgIpc) is 3.08. The molecule has 8 nitrogen and oxygen atoms in total. The molecule has 10 heteroatoms. The minimum absolute atomic E-state index is 0. The fourth-order valence-electron chi connectivity index (χ4n) is 3.87. The molecule has 0 fully saturated rings. The molecule has 0 saturated carbocycles. The van der Waals surface area contributed by atoms with Gasteiger partial charge in [0.2, 0.25) is 0 Å². The largest absolute Gasteiger partial charge is 0.493 e.